The Morgan fingerprint density at radius 3 is 2.67 bits per heavy atom. The number of amides is 1. The molecule has 2 aromatic rings. The molecule has 2 N–H and O–H groups in total. The number of anilines is 1. The van der Waals surface area contributed by atoms with Gasteiger partial charge in [-0.15, -0.1) is 0 Å². The zero-order chi connectivity index (χ0) is 15.0. The van der Waals surface area contributed by atoms with Crippen molar-refractivity contribution >= 4 is 22.8 Å². The molecule has 1 saturated carbocycles. The van der Waals surface area contributed by atoms with Crippen molar-refractivity contribution in [2.45, 2.75) is 31.7 Å². The van der Waals surface area contributed by atoms with Gasteiger partial charge in [0.1, 0.15) is 12.1 Å². The van der Waals surface area contributed by atoms with Crippen LogP contribution in [0.3, 0.4) is 0 Å². The lowest BCUT2D eigenvalue weighted by Crippen LogP contribution is -2.32. The van der Waals surface area contributed by atoms with E-state index >= 15 is 0 Å². The average Bonchev–Trinajstić information content (AvgIpc) is 2.92. The molecule has 0 spiro atoms. The Morgan fingerprint density at radius 1 is 1.29 bits per heavy atom. The van der Waals surface area contributed by atoms with Gasteiger partial charge in [-0.1, -0.05) is 0 Å². The molecule has 1 fully saturated rings. The van der Waals surface area contributed by atoms with E-state index in [0.29, 0.717) is 5.82 Å². The molecule has 1 aliphatic rings. The molecule has 0 atom stereocenters. The summed E-state index contributed by atoms with van der Waals surface area (Å²) in [6.45, 7) is 0. The van der Waals surface area contributed by atoms with Crippen LogP contribution in [0.25, 0.3) is 11.0 Å². The van der Waals surface area contributed by atoms with Crippen LogP contribution in [0.4, 0.5) is 5.82 Å². The third kappa shape index (κ3) is 2.43. The van der Waals surface area contributed by atoms with Crippen molar-refractivity contribution in [1.82, 2.24) is 24.6 Å². The maximum atomic E-state index is 12.0. The first-order valence-corrected chi connectivity index (χ1v) is 7.22. The Morgan fingerprint density at radius 2 is 2.00 bits per heavy atom. The van der Waals surface area contributed by atoms with Crippen LogP contribution in [0, 0.1) is 5.92 Å². The molecule has 3 rings (SSSR count). The van der Waals surface area contributed by atoms with Gasteiger partial charge in [-0.25, -0.2) is 14.6 Å². The molecule has 0 unspecified atom stereocenters. The third-order valence-electron chi connectivity index (χ3n) is 4.25. The molecule has 112 valence electrons. The number of nitrogens with two attached hydrogens (primary N) is 1. The van der Waals surface area contributed by atoms with Crippen LogP contribution in [-0.2, 0) is 4.79 Å². The van der Waals surface area contributed by atoms with Crippen LogP contribution >= 0.6 is 0 Å². The molecule has 7 nitrogen and oxygen atoms in total. The van der Waals surface area contributed by atoms with E-state index in [4.69, 9.17) is 5.73 Å². The fraction of sp³-hybridized carbons (Fsp3) is 0.571. The first kappa shape index (κ1) is 13.8. The van der Waals surface area contributed by atoms with Gasteiger partial charge in [0.15, 0.2) is 5.65 Å². The first-order chi connectivity index (χ1) is 10.1. The summed E-state index contributed by atoms with van der Waals surface area (Å²) >= 11 is 0. The summed E-state index contributed by atoms with van der Waals surface area (Å²) < 4.78 is 1.93. The normalized spacial score (nSPS) is 22.4. The van der Waals surface area contributed by atoms with Gasteiger partial charge in [-0.3, -0.25) is 4.79 Å². The largest absolute Gasteiger partial charge is 0.383 e. The number of carbonyl (C=O) groups excluding carboxylic acids is 1. The maximum absolute atomic E-state index is 12.0. The van der Waals surface area contributed by atoms with E-state index in [0.717, 1.165) is 36.7 Å². The van der Waals surface area contributed by atoms with Crippen molar-refractivity contribution in [1.29, 1.82) is 0 Å². The van der Waals surface area contributed by atoms with Gasteiger partial charge in [0.25, 0.3) is 0 Å². The number of hydrogen-bond donors (Lipinski definition) is 1. The van der Waals surface area contributed by atoms with Gasteiger partial charge in [-0.2, -0.15) is 5.10 Å². The van der Waals surface area contributed by atoms with E-state index in [1.807, 2.05) is 18.8 Å². The van der Waals surface area contributed by atoms with Gasteiger partial charge < -0.3 is 10.6 Å². The van der Waals surface area contributed by atoms with E-state index < -0.39 is 0 Å². The van der Waals surface area contributed by atoms with Gasteiger partial charge in [0.05, 0.1) is 17.6 Å². The first-order valence-electron chi connectivity index (χ1n) is 7.22. The van der Waals surface area contributed by atoms with Crippen molar-refractivity contribution in [3.63, 3.8) is 0 Å². The summed E-state index contributed by atoms with van der Waals surface area (Å²) in [6.07, 6.45) is 6.85. The maximum Gasteiger partial charge on any atom is 0.225 e. The number of carbonyl (C=O) groups is 1. The second-order valence-electron chi connectivity index (χ2n) is 5.82. The van der Waals surface area contributed by atoms with Crippen molar-refractivity contribution in [2.75, 3.05) is 19.8 Å². The second kappa shape index (κ2) is 5.31. The summed E-state index contributed by atoms with van der Waals surface area (Å²) in [6, 6.07) is 0.281. The predicted octanol–water partition coefficient (Wildman–Crippen LogP) is 1.23. The summed E-state index contributed by atoms with van der Waals surface area (Å²) in [5, 5.41) is 5.22. The van der Waals surface area contributed by atoms with Crippen LogP contribution in [0.15, 0.2) is 12.5 Å². The molecule has 0 bridgehead atoms. The number of nitrogens with zero attached hydrogens (tertiary/aromatic N) is 5. The zero-order valence-electron chi connectivity index (χ0n) is 12.4. The van der Waals surface area contributed by atoms with Crippen molar-refractivity contribution in [2.24, 2.45) is 5.92 Å². The summed E-state index contributed by atoms with van der Waals surface area (Å²) in [5.74, 6) is 0.825. The Bertz CT molecular complexity index is 657. The Labute approximate surface area is 123 Å². The molecule has 21 heavy (non-hydrogen) atoms. The van der Waals surface area contributed by atoms with E-state index in [9.17, 15) is 4.79 Å². The van der Waals surface area contributed by atoms with Gasteiger partial charge in [0, 0.05) is 20.0 Å². The smallest absolute Gasteiger partial charge is 0.225 e. The van der Waals surface area contributed by atoms with Crippen LogP contribution in [-0.4, -0.2) is 44.7 Å². The fourth-order valence-corrected chi connectivity index (χ4v) is 3.08. The van der Waals surface area contributed by atoms with Gasteiger partial charge in [0.2, 0.25) is 5.91 Å². The van der Waals surface area contributed by atoms with E-state index in [1.54, 1.807) is 11.1 Å². The lowest BCUT2D eigenvalue weighted by atomic mass is 9.85. The molecular weight excluding hydrogens is 268 g/mol. The van der Waals surface area contributed by atoms with Crippen molar-refractivity contribution < 1.29 is 4.79 Å². The topological polar surface area (TPSA) is 89.9 Å². The molecule has 0 aromatic carbocycles. The number of fused-ring (bicyclic) bond motifs is 1. The molecule has 1 aliphatic carbocycles. The number of hydrogen-bond acceptors (Lipinski definition) is 5. The number of aromatic nitrogens is 4. The highest BCUT2D eigenvalue weighted by atomic mass is 16.2. The zero-order valence-corrected chi connectivity index (χ0v) is 12.4. The number of rotatable bonds is 2. The highest BCUT2D eigenvalue weighted by molar-refractivity contribution is 5.84. The molecule has 2 heterocycles. The fourth-order valence-electron chi connectivity index (χ4n) is 3.08. The van der Waals surface area contributed by atoms with E-state index in [-0.39, 0.29) is 17.9 Å². The molecule has 0 aliphatic heterocycles. The van der Waals surface area contributed by atoms with Crippen LogP contribution in [0.1, 0.15) is 31.7 Å². The van der Waals surface area contributed by atoms with Crippen LogP contribution in [0.2, 0.25) is 0 Å². The SMILES string of the molecule is CN(C)C(=O)C1CCC(n2ncc3c(N)ncnc32)CC1. The summed E-state index contributed by atoms with van der Waals surface area (Å²) in [5.41, 5.74) is 6.62. The lowest BCUT2D eigenvalue weighted by molar-refractivity contribution is -0.134. The minimum atomic E-state index is 0.137. The molecular formula is C14H20N6O. The lowest BCUT2D eigenvalue weighted by Gasteiger charge is -2.29. The Hall–Kier alpha value is -2.18. The molecule has 7 heteroatoms. The minimum Gasteiger partial charge on any atom is -0.383 e. The van der Waals surface area contributed by atoms with E-state index in [1.165, 1.54) is 6.33 Å². The molecule has 2 aromatic heterocycles. The van der Waals surface area contributed by atoms with Crippen molar-refractivity contribution in [3.05, 3.63) is 12.5 Å². The van der Waals surface area contributed by atoms with Gasteiger partial charge >= 0.3 is 0 Å². The molecule has 0 saturated heterocycles. The standard InChI is InChI=1S/C14H20N6O/c1-19(2)14(21)9-3-5-10(6-4-9)20-13-11(7-18-20)12(15)16-8-17-13/h7-10H,3-6H2,1-2H3,(H2,15,16,17). The Balaban J connectivity index is 1.77. The minimum absolute atomic E-state index is 0.137. The van der Waals surface area contributed by atoms with Crippen LogP contribution < -0.4 is 5.73 Å². The highest BCUT2D eigenvalue weighted by Gasteiger charge is 2.29. The quantitative estimate of drug-likeness (QED) is 0.897. The van der Waals surface area contributed by atoms with Crippen LogP contribution in [0.5, 0.6) is 0 Å². The summed E-state index contributed by atoms with van der Waals surface area (Å²) in [7, 11) is 3.63. The molecule has 1 amide bonds. The van der Waals surface area contributed by atoms with Gasteiger partial charge in [-0.05, 0) is 25.7 Å². The monoisotopic (exact) mass is 288 g/mol. The average molecular weight is 288 g/mol. The summed E-state index contributed by atoms with van der Waals surface area (Å²) in [4.78, 5) is 22.0. The Kier molecular flexibility index (Phi) is 3.48. The number of nitrogen functional groups attached to an aromatic ring is 1. The van der Waals surface area contributed by atoms with E-state index in [2.05, 4.69) is 15.1 Å². The second-order valence-corrected chi connectivity index (χ2v) is 5.82. The van der Waals surface area contributed by atoms with Crippen molar-refractivity contribution in [3.8, 4) is 0 Å². The molecule has 0 radical (unpaired) electrons. The third-order valence-corrected chi connectivity index (χ3v) is 4.25. The predicted molar refractivity (Wildman–Crippen MR) is 79.4 cm³/mol. The highest BCUT2D eigenvalue weighted by Crippen LogP contribution is 2.34.